The highest BCUT2D eigenvalue weighted by molar-refractivity contribution is 6.32. The molecule has 3 rings (SSSR count). The van der Waals surface area contributed by atoms with E-state index < -0.39 is 0 Å². The summed E-state index contributed by atoms with van der Waals surface area (Å²) in [6.45, 7) is 1.32. The number of aliphatic hydroxyl groups excluding tert-OH is 1. The monoisotopic (exact) mass is 240 g/mol. The fraction of sp³-hybridized carbons (Fsp3) is 0.500. The maximum Gasteiger partial charge on any atom is 0.179 e. The van der Waals surface area contributed by atoms with Crippen LogP contribution >= 0.6 is 11.6 Å². The van der Waals surface area contributed by atoms with E-state index in [0.717, 1.165) is 18.4 Å². The maximum absolute atomic E-state index is 9.09. The molecule has 1 heterocycles. The number of benzene rings is 1. The van der Waals surface area contributed by atoms with Crippen molar-refractivity contribution in [2.75, 3.05) is 13.2 Å². The number of rotatable bonds is 1. The molecule has 1 N–H and O–H groups in total. The maximum atomic E-state index is 9.09. The molecule has 2 aliphatic rings. The molecule has 1 aliphatic heterocycles. The standard InChI is InChI=1S/C12H13ClO3/c13-9-3-8(5-14)4-10-11(9)16-7-12(1-2-12)6-15-10/h3-4,14H,1-2,5-7H2. The fourth-order valence-electron chi connectivity index (χ4n) is 1.92. The van der Waals surface area contributed by atoms with E-state index in [4.69, 9.17) is 26.2 Å². The van der Waals surface area contributed by atoms with Crippen molar-refractivity contribution in [3.05, 3.63) is 22.7 Å². The average Bonchev–Trinajstić information content (AvgIpc) is 3.07. The van der Waals surface area contributed by atoms with Crippen molar-refractivity contribution in [3.63, 3.8) is 0 Å². The van der Waals surface area contributed by atoms with Gasteiger partial charge in [-0.3, -0.25) is 0 Å². The fourth-order valence-corrected chi connectivity index (χ4v) is 2.21. The molecular formula is C12H13ClO3. The van der Waals surface area contributed by atoms with Gasteiger partial charge in [0.15, 0.2) is 11.5 Å². The summed E-state index contributed by atoms with van der Waals surface area (Å²) in [5.41, 5.74) is 0.959. The Morgan fingerprint density at radius 3 is 2.69 bits per heavy atom. The van der Waals surface area contributed by atoms with Gasteiger partial charge in [-0.1, -0.05) is 11.6 Å². The molecule has 16 heavy (non-hydrogen) atoms. The zero-order chi connectivity index (χ0) is 11.2. The second-order valence-corrected chi connectivity index (χ2v) is 5.05. The summed E-state index contributed by atoms with van der Waals surface area (Å²) in [4.78, 5) is 0. The molecule has 1 aromatic rings. The quantitative estimate of drug-likeness (QED) is 0.819. The minimum absolute atomic E-state index is 0.0402. The lowest BCUT2D eigenvalue weighted by Crippen LogP contribution is -2.17. The second-order valence-electron chi connectivity index (χ2n) is 4.64. The molecule has 3 nitrogen and oxygen atoms in total. The van der Waals surface area contributed by atoms with E-state index in [2.05, 4.69) is 0 Å². The number of ether oxygens (including phenoxy) is 2. The molecule has 0 atom stereocenters. The Morgan fingerprint density at radius 1 is 1.25 bits per heavy atom. The molecule has 1 aromatic carbocycles. The van der Waals surface area contributed by atoms with Crippen molar-refractivity contribution in [1.82, 2.24) is 0 Å². The molecule has 0 unspecified atom stereocenters. The Kier molecular flexibility index (Phi) is 2.26. The highest BCUT2D eigenvalue weighted by atomic mass is 35.5. The lowest BCUT2D eigenvalue weighted by Gasteiger charge is -2.10. The number of halogens is 1. The number of aliphatic hydroxyl groups is 1. The van der Waals surface area contributed by atoms with Gasteiger partial charge in [-0.25, -0.2) is 0 Å². The Labute approximate surface area is 98.9 Å². The van der Waals surface area contributed by atoms with Crippen LogP contribution in [-0.4, -0.2) is 18.3 Å². The molecular weight excluding hydrogens is 228 g/mol. The van der Waals surface area contributed by atoms with Gasteiger partial charge in [-0.15, -0.1) is 0 Å². The molecule has 4 heteroatoms. The third kappa shape index (κ3) is 1.64. The van der Waals surface area contributed by atoms with E-state index in [1.54, 1.807) is 12.1 Å². The first-order valence-electron chi connectivity index (χ1n) is 5.41. The summed E-state index contributed by atoms with van der Waals surface area (Å²) >= 11 is 6.10. The normalized spacial score (nSPS) is 20.6. The van der Waals surface area contributed by atoms with Gasteiger partial charge in [0.2, 0.25) is 0 Å². The summed E-state index contributed by atoms with van der Waals surface area (Å²) in [6.07, 6.45) is 2.32. The van der Waals surface area contributed by atoms with Crippen molar-refractivity contribution >= 4 is 11.6 Å². The summed E-state index contributed by atoms with van der Waals surface area (Å²) in [5.74, 6) is 1.27. The van der Waals surface area contributed by atoms with E-state index in [-0.39, 0.29) is 12.0 Å². The van der Waals surface area contributed by atoms with Gasteiger partial charge in [-0.05, 0) is 30.5 Å². The van der Waals surface area contributed by atoms with E-state index >= 15 is 0 Å². The molecule has 1 fully saturated rings. The summed E-state index contributed by atoms with van der Waals surface area (Å²) in [6, 6.07) is 3.51. The SMILES string of the molecule is OCc1cc(Cl)c2c(c1)OCC1(CC1)CO2. The van der Waals surface area contributed by atoms with Gasteiger partial charge >= 0.3 is 0 Å². The molecule has 1 aliphatic carbocycles. The Morgan fingerprint density at radius 2 is 2.00 bits per heavy atom. The smallest absolute Gasteiger partial charge is 0.179 e. The zero-order valence-electron chi connectivity index (χ0n) is 8.83. The zero-order valence-corrected chi connectivity index (χ0v) is 9.59. The van der Waals surface area contributed by atoms with E-state index in [9.17, 15) is 0 Å². The van der Waals surface area contributed by atoms with E-state index in [0.29, 0.717) is 29.7 Å². The number of hydrogen-bond acceptors (Lipinski definition) is 3. The minimum atomic E-state index is -0.0402. The predicted octanol–water partition coefficient (Wildman–Crippen LogP) is 2.38. The number of hydrogen-bond donors (Lipinski definition) is 1. The minimum Gasteiger partial charge on any atom is -0.489 e. The van der Waals surface area contributed by atoms with Gasteiger partial charge in [0, 0.05) is 5.41 Å². The molecule has 0 bridgehead atoms. The van der Waals surface area contributed by atoms with Crippen LogP contribution in [0.4, 0.5) is 0 Å². The molecule has 1 saturated carbocycles. The van der Waals surface area contributed by atoms with Crippen LogP contribution in [0.1, 0.15) is 18.4 Å². The Hall–Kier alpha value is -0.930. The van der Waals surface area contributed by atoms with Crippen molar-refractivity contribution in [2.45, 2.75) is 19.4 Å². The first-order chi connectivity index (χ1) is 7.72. The van der Waals surface area contributed by atoms with Crippen LogP contribution in [-0.2, 0) is 6.61 Å². The van der Waals surface area contributed by atoms with Crippen LogP contribution in [0.15, 0.2) is 12.1 Å². The van der Waals surface area contributed by atoms with Crippen LogP contribution in [0.3, 0.4) is 0 Å². The van der Waals surface area contributed by atoms with Gasteiger partial charge < -0.3 is 14.6 Å². The van der Waals surface area contributed by atoms with Gasteiger partial charge in [0.05, 0.1) is 24.8 Å². The Bertz CT molecular complexity index is 427. The second kappa shape index (κ2) is 3.54. The van der Waals surface area contributed by atoms with Crippen molar-refractivity contribution < 1.29 is 14.6 Å². The van der Waals surface area contributed by atoms with Crippen molar-refractivity contribution in [2.24, 2.45) is 5.41 Å². The highest BCUT2D eigenvalue weighted by Crippen LogP contribution is 2.50. The van der Waals surface area contributed by atoms with E-state index in [1.165, 1.54) is 0 Å². The average molecular weight is 241 g/mol. The van der Waals surface area contributed by atoms with Gasteiger partial charge in [0.25, 0.3) is 0 Å². The topological polar surface area (TPSA) is 38.7 Å². The molecule has 0 saturated heterocycles. The summed E-state index contributed by atoms with van der Waals surface area (Å²) in [5, 5.41) is 9.61. The lowest BCUT2D eigenvalue weighted by molar-refractivity contribution is 0.197. The predicted molar refractivity (Wildman–Crippen MR) is 60.0 cm³/mol. The summed E-state index contributed by atoms with van der Waals surface area (Å²) < 4.78 is 11.4. The van der Waals surface area contributed by atoms with Crippen LogP contribution in [0.25, 0.3) is 0 Å². The molecule has 1 spiro atoms. The van der Waals surface area contributed by atoms with E-state index in [1.807, 2.05) is 0 Å². The molecule has 0 aromatic heterocycles. The van der Waals surface area contributed by atoms with Crippen LogP contribution in [0.2, 0.25) is 5.02 Å². The third-order valence-corrected chi connectivity index (χ3v) is 3.55. The first-order valence-corrected chi connectivity index (χ1v) is 5.79. The molecule has 0 radical (unpaired) electrons. The van der Waals surface area contributed by atoms with Crippen molar-refractivity contribution in [1.29, 1.82) is 0 Å². The molecule has 86 valence electrons. The lowest BCUT2D eigenvalue weighted by atomic mass is 10.1. The van der Waals surface area contributed by atoms with Crippen LogP contribution in [0, 0.1) is 5.41 Å². The van der Waals surface area contributed by atoms with Crippen LogP contribution < -0.4 is 9.47 Å². The van der Waals surface area contributed by atoms with Crippen LogP contribution in [0.5, 0.6) is 11.5 Å². The summed E-state index contributed by atoms with van der Waals surface area (Å²) in [7, 11) is 0. The largest absolute Gasteiger partial charge is 0.489 e. The molecule has 0 amide bonds. The highest BCUT2D eigenvalue weighted by Gasteiger charge is 2.46. The third-order valence-electron chi connectivity index (χ3n) is 3.27. The first kappa shape index (κ1) is 10.2. The Balaban J connectivity index is 1.97. The van der Waals surface area contributed by atoms with Crippen molar-refractivity contribution in [3.8, 4) is 11.5 Å². The number of fused-ring (bicyclic) bond motifs is 1. The van der Waals surface area contributed by atoms with Gasteiger partial charge in [0.1, 0.15) is 0 Å². The van der Waals surface area contributed by atoms with Gasteiger partial charge in [-0.2, -0.15) is 0 Å².